The molecule has 0 atom stereocenters. The number of amides is 2. The first-order valence-corrected chi connectivity index (χ1v) is 7.91. The minimum Gasteiger partial charge on any atom is -0.267 e. The molecule has 1 heterocycles. The van der Waals surface area contributed by atoms with E-state index in [2.05, 4.69) is 5.10 Å². The molecule has 0 N–H and O–H groups in total. The van der Waals surface area contributed by atoms with Crippen molar-refractivity contribution in [2.75, 3.05) is 0 Å². The molecule has 0 spiro atoms. The predicted molar refractivity (Wildman–Crippen MR) is 96.4 cm³/mol. The molecule has 4 nitrogen and oxygen atoms in total. The Morgan fingerprint density at radius 3 is 1.76 bits per heavy atom. The van der Waals surface area contributed by atoms with E-state index in [1.54, 1.807) is 24.3 Å². The number of carbonyl (C=O) groups is 2. The lowest BCUT2D eigenvalue weighted by atomic mass is 10.0. The minimum atomic E-state index is -0.391. The van der Waals surface area contributed by atoms with Crippen LogP contribution in [0.25, 0.3) is 11.1 Å². The van der Waals surface area contributed by atoms with Gasteiger partial charge in [-0.15, -0.1) is 0 Å². The van der Waals surface area contributed by atoms with Crippen LogP contribution in [0.5, 0.6) is 0 Å². The summed E-state index contributed by atoms with van der Waals surface area (Å²) in [6.45, 7) is 0. The fraction of sp³-hybridized carbons (Fsp3) is 0. The van der Waals surface area contributed by atoms with Crippen molar-refractivity contribution in [3.63, 3.8) is 0 Å². The van der Waals surface area contributed by atoms with Gasteiger partial charge in [-0.3, -0.25) is 9.59 Å². The maximum Gasteiger partial charge on any atom is 0.282 e. The number of hydrogen-bond acceptors (Lipinski definition) is 3. The summed E-state index contributed by atoms with van der Waals surface area (Å²) < 4.78 is 0. The second-order valence-electron chi connectivity index (χ2n) is 5.70. The average Bonchev–Trinajstić information content (AvgIpc) is 2.92. The van der Waals surface area contributed by atoms with Crippen molar-refractivity contribution in [3.8, 4) is 11.1 Å². The molecule has 0 saturated carbocycles. The maximum atomic E-state index is 12.3. The van der Waals surface area contributed by atoms with Crippen LogP contribution >= 0.6 is 0 Å². The zero-order valence-corrected chi connectivity index (χ0v) is 13.3. The van der Waals surface area contributed by atoms with Gasteiger partial charge >= 0.3 is 0 Å². The van der Waals surface area contributed by atoms with Gasteiger partial charge in [0.05, 0.1) is 17.3 Å². The molecule has 0 unspecified atom stereocenters. The van der Waals surface area contributed by atoms with E-state index in [-0.39, 0.29) is 0 Å². The number of fused-ring (bicyclic) bond motifs is 1. The Balaban J connectivity index is 1.55. The van der Waals surface area contributed by atoms with Crippen LogP contribution in [0.4, 0.5) is 0 Å². The Bertz CT molecular complexity index is 941. The molecule has 0 aromatic heterocycles. The molecule has 3 aromatic rings. The van der Waals surface area contributed by atoms with Gasteiger partial charge in [0.1, 0.15) is 0 Å². The molecule has 25 heavy (non-hydrogen) atoms. The van der Waals surface area contributed by atoms with Crippen LogP contribution in [-0.2, 0) is 0 Å². The van der Waals surface area contributed by atoms with Gasteiger partial charge in [-0.2, -0.15) is 10.1 Å². The Labute approximate surface area is 145 Å². The van der Waals surface area contributed by atoms with Crippen molar-refractivity contribution in [2.24, 2.45) is 5.10 Å². The molecule has 3 aromatic carbocycles. The first-order chi connectivity index (χ1) is 12.2. The summed E-state index contributed by atoms with van der Waals surface area (Å²) in [6, 6.07) is 24.6. The van der Waals surface area contributed by atoms with Gasteiger partial charge in [-0.05, 0) is 28.8 Å². The monoisotopic (exact) mass is 326 g/mol. The number of benzene rings is 3. The first-order valence-electron chi connectivity index (χ1n) is 7.91. The van der Waals surface area contributed by atoms with E-state index in [0.717, 1.165) is 21.7 Å². The van der Waals surface area contributed by atoms with Crippen molar-refractivity contribution in [1.82, 2.24) is 5.01 Å². The quantitative estimate of drug-likeness (QED) is 0.540. The third-order valence-electron chi connectivity index (χ3n) is 4.11. The number of carbonyl (C=O) groups excluding carboxylic acids is 2. The van der Waals surface area contributed by atoms with E-state index in [4.69, 9.17) is 0 Å². The molecular formula is C21H14N2O2. The minimum absolute atomic E-state index is 0.391. The molecule has 0 fully saturated rings. The summed E-state index contributed by atoms with van der Waals surface area (Å²) in [4.78, 5) is 24.5. The van der Waals surface area contributed by atoms with Crippen molar-refractivity contribution in [1.29, 1.82) is 0 Å². The summed E-state index contributed by atoms with van der Waals surface area (Å²) in [6.07, 6.45) is 1.52. The van der Waals surface area contributed by atoms with E-state index in [1.165, 1.54) is 6.21 Å². The van der Waals surface area contributed by atoms with E-state index in [9.17, 15) is 9.59 Å². The summed E-state index contributed by atoms with van der Waals surface area (Å²) in [5.74, 6) is -0.782. The molecule has 2 amide bonds. The van der Waals surface area contributed by atoms with Crippen molar-refractivity contribution in [3.05, 3.63) is 95.6 Å². The van der Waals surface area contributed by atoms with Crippen LogP contribution in [0.15, 0.2) is 84.0 Å². The first kappa shape index (κ1) is 15.0. The summed E-state index contributed by atoms with van der Waals surface area (Å²) >= 11 is 0. The van der Waals surface area contributed by atoms with E-state index in [0.29, 0.717) is 11.1 Å². The fourth-order valence-electron chi connectivity index (χ4n) is 2.80. The average molecular weight is 326 g/mol. The summed E-state index contributed by atoms with van der Waals surface area (Å²) in [7, 11) is 0. The number of hydrogen-bond donors (Lipinski definition) is 0. The van der Waals surface area contributed by atoms with Crippen molar-refractivity contribution >= 4 is 18.0 Å². The summed E-state index contributed by atoms with van der Waals surface area (Å²) in [5, 5.41) is 4.99. The topological polar surface area (TPSA) is 49.7 Å². The summed E-state index contributed by atoms with van der Waals surface area (Å²) in [5.41, 5.74) is 3.83. The normalized spacial score (nSPS) is 13.5. The Morgan fingerprint density at radius 2 is 1.16 bits per heavy atom. The van der Waals surface area contributed by atoms with Gasteiger partial charge in [0.25, 0.3) is 11.8 Å². The highest BCUT2D eigenvalue weighted by molar-refractivity contribution is 6.21. The van der Waals surface area contributed by atoms with Crippen LogP contribution in [0, 0.1) is 0 Å². The van der Waals surface area contributed by atoms with E-state index in [1.807, 2.05) is 54.6 Å². The molecule has 0 bridgehead atoms. The van der Waals surface area contributed by atoms with Gasteiger partial charge in [-0.1, -0.05) is 66.7 Å². The Hall–Kier alpha value is -3.53. The van der Waals surface area contributed by atoms with Gasteiger partial charge in [0, 0.05) is 0 Å². The molecule has 120 valence electrons. The Morgan fingerprint density at radius 1 is 0.640 bits per heavy atom. The molecule has 0 aliphatic carbocycles. The van der Waals surface area contributed by atoms with Crippen molar-refractivity contribution < 1.29 is 9.59 Å². The largest absolute Gasteiger partial charge is 0.282 e. The lowest BCUT2D eigenvalue weighted by Gasteiger charge is -2.06. The number of imide groups is 1. The van der Waals surface area contributed by atoms with Gasteiger partial charge in [0.2, 0.25) is 0 Å². The second kappa shape index (κ2) is 6.17. The van der Waals surface area contributed by atoms with Gasteiger partial charge in [0.15, 0.2) is 0 Å². The highest BCUT2D eigenvalue weighted by atomic mass is 16.2. The SMILES string of the molecule is O=C1c2ccccc2C(=O)N1/N=C\c1ccc(-c2ccccc2)cc1. The molecule has 1 aliphatic rings. The zero-order chi connectivity index (χ0) is 17.2. The smallest absolute Gasteiger partial charge is 0.267 e. The lowest BCUT2D eigenvalue weighted by Crippen LogP contribution is -2.23. The van der Waals surface area contributed by atoms with Crippen LogP contribution in [0.2, 0.25) is 0 Å². The molecule has 0 radical (unpaired) electrons. The predicted octanol–water partition coefficient (Wildman–Crippen LogP) is 3.98. The third kappa shape index (κ3) is 2.74. The standard InChI is InChI=1S/C21H14N2O2/c24-20-18-8-4-5-9-19(18)21(25)23(20)22-14-15-10-12-17(13-11-15)16-6-2-1-3-7-16/h1-14H/b22-14-. The second-order valence-corrected chi connectivity index (χ2v) is 5.70. The maximum absolute atomic E-state index is 12.3. The molecular weight excluding hydrogens is 312 g/mol. The van der Waals surface area contributed by atoms with Crippen LogP contribution in [-0.4, -0.2) is 23.0 Å². The highest BCUT2D eigenvalue weighted by Gasteiger charge is 2.35. The van der Waals surface area contributed by atoms with Gasteiger partial charge in [-0.25, -0.2) is 0 Å². The molecule has 4 rings (SSSR count). The molecule has 4 heteroatoms. The van der Waals surface area contributed by atoms with Crippen LogP contribution in [0.1, 0.15) is 26.3 Å². The third-order valence-corrected chi connectivity index (χ3v) is 4.11. The Kier molecular flexibility index (Phi) is 3.71. The lowest BCUT2D eigenvalue weighted by molar-refractivity contribution is 0.0660. The van der Waals surface area contributed by atoms with E-state index >= 15 is 0 Å². The highest BCUT2D eigenvalue weighted by Crippen LogP contribution is 2.23. The molecule has 0 saturated heterocycles. The number of rotatable bonds is 3. The zero-order valence-electron chi connectivity index (χ0n) is 13.3. The number of hydrazone groups is 1. The van der Waals surface area contributed by atoms with Crippen LogP contribution < -0.4 is 0 Å². The van der Waals surface area contributed by atoms with Crippen LogP contribution in [0.3, 0.4) is 0 Å². The fourth-order valence-corrected chi connectivity index (χ4v) is 2.80. The van der Waals surface area contributed by atoms with E-state index < -0.39 is 11.8 Å². The van der Waals surface area contributed by atoms with Crippen molar-refractivity contribution in [2.45, 2.75) is 0 Å². The molecule has 1 aliphatic heterocycles. The van der Waals surface area contributed by atoms with Gasteiger partial charge < -0.3 is 0 Å². The number of nitrogens with zero attached hydrogens (tertiary/aromatic N) is 2.